The van der Waals surface area contributed by atoms with Crippen molar-refractivity contribution in [1.29, 1.82) is 0 Å². The van der Waals surface area contributed by atoms with Crippen LogP contribution in [-0.4, -0.2) is 39.2 Å². The second-order valence-corrected chi connectivity index (χ2v) is 5.97. The first-order chi connectivity index (χ1) is 13.1. The van der Waals surface area contributed by atoms with Crippen LogP contribution in [0.15, 0.2) is 48.5 Å². The van der Waals surface area contributed by atoms with Crippen molar-refractivity contribution in [2.24, 2.45) is 0 Å². The van der Waals surface area contributed by atoms with Crippen molar-refractivity contribution in [2.75, 3.05) is 27.4 Å². The highest BCUT2D eigenvalue weighted by Crippen LogP contribution is 2.27. The van der Waals surface area contributed by atoms with Gasteiger partial charge >= 0.3 is 5.97 Å². The zero-order valence-electron chi connectivity index (χ0n) is 15.7. The van der Waals surface area contributed by atoms with Gasteiger partial charge in [0, 0.05) is 6.54 Å². The van der Waals surface area contributed by atoms with Crippen LogP contribution in [0.25, 0.3) is 0 Å². The molecule has 0 unspecified atom stereocenters. The smallest absolute Gasteiger partial charge is 0.310 e. The Morgan fingerprint density at radius 2 is 1.67 bits per heavy atom. The lowest BCUT2D eigenvalue weighted by molar-refractivity contribution is -0.147. The van der Waals surface area contributed by atoms with Gasteiger partial charge in [-0.25, -0.2) is 0 Å². The minimum atomic E-state index is -0.471. The number of amides is 1. The summed E-state index contributed by atoms with van der Waals surface area (Å²) in [6.45, 7) is 0.262. The van der Waals surface area contributed by atoms with Gasteiger partial charge < -0.3 is 19.5 Å². The van der Waals surface area contributed by atoms with E-state index in [1.54, 1.807) is 25.3 Å². The molecule has 0 bridgehead atoms. The molecule has 0 spiro atoms. The molecule has 2 aromatic carbocycles. The summed E-state index contributed by atoms with van der Waals surface area (Å²) in [6.07, 6.45) is 1.77. The first-order valence-corrected chi connectivity index (χ1v) is 8.79. The van der Waals surface area contributed by atoms with Crippen molar-refractivity contribution in [3.63, 3.8) is 0 Å². The fourth-order valence-corrected chi connectivity index (χ4v) is 2.57. The Hall–Kier alpha value is -3.02. The summed E-state index contributed by atoms with van der Waals surface area (Å²) < 4.78 is 15.4. The van der Waals surface area contributed by atoms with Crippen LogP contribution in [0, 0.1) is 0 Å². The Morgan fingerprint density at radius 1 is 0.926 bits per heavy atom. The van der Waals surface area contributed by atoms with Crippen LogP contribution in [0.3, 0.4) is 0 Å². The van der Waals surface area contributed by atoms with E-state index >= 15 is 0 Å². The molecule has 0 aromatic heterocycles. The normalized spacial score (nSPS) is 10.1. The Kier molecular flexibility index (Phi) is 8.16. The van der Waals surface area contributed by atoms with E-state index < -0.39 is 5.97 Å². The van der Waals surface area contributed by atoms with Crippen LogP contribution < -0.4 is 14.8 Å². The highest BCUT2D eigenvalue weighted by atomic mass is 16.5. The van der Waals surface area contributed by atoms with E-state index in [0.29, 0.717) is 18.0 Å². The molecular formula is C21H25NO5. The number of esters is 1. The van der Waals surface area contributed by atoms with Crippen LogP contribution in [0.2, 0.25) is 0 Å². The van der Waals surface area contributed by atoms with Crippen LogP contribution >= 0.6 is 0 Å². The molecule has 1 N–H and O–H groups in total. The summed E-state index contributed by atoms with van der Waals surface area (Å²) in [5.74, 6) is 0.355. The lowest BCUT2D eigenvalue weighted by Gasteiger charge is -2.10. The summed E-state index contributed by atoms with van der Waals surface area (Å²) in [5.41, 5.74) is 1.95. The molecule has 0 aliphatic rings. The van der Waals surface area contributed by atoms with Gasteiger partial charge in [-0.15, -0.1) is 0 Å². The third kappa shape index (κ3) is 7.01. The first kappa shape index (κ1) is 20.3. The van der Waals surface area contributed by atoms with E-state index in [0.717, 1.165) is 18.4 Å². The molecule has 6 heteroatoms. The van der Waals surface area contributed by atoms with Gasteiger partial charge in [-0.2, -0.15) is 0 Å². The number of methoxy groups -OCH3 is 2. The largest absolute Gasteiger partial charge is 0.493 e. The molecule has 0 fully saturated rings. The molecule has 0 heterocycles. The number of hydrogen-bond donors (Lipinski definition) is 1. The minimum absolute atomic E-state index is 0.0572. The molecule has 144 valence electrons. The van der Waals surface area contributed by atoms with E-state index in [2.05, 4.69) is 17.4 Å². The molecule has 0 radical (unpaired) electrons. The lowest BCUT2D eigenvalue weighted by Crippen LogP contribution is -2.30. The van der Waals surface area contributed by atoms with Crippen LogP contribution in [0.4, 0.5) is 0 Å². The molecule has 6 nitrogen and oxygen atoms in total. The van der Waals surface area contributed by atoms with E-state index in [1.807, 2.05) is 18.2 Å². The maximum Gasteiger partial charge on any atom is 0.310 e. The molecule has 0 saturated carbocycles. The molecule has 0 aliphatic heterocycles. The second-order valence-electron chi connectivity index (χ2n) is 5.97. The number of hydrogen-bond acceptors (Lipinski definition) is 5. The summed E-state index contributed by atoms with van der Waals surface area (Å²) in [6, 6.07) is 15.3. The van der Waals surface area contributed by atoms with E-state index in [-0.39, 0.29) is 18.9 Å². The van der Waals surface area contributed by atoms with Gasteiger partial charge in [0.15, 0.2) is 18.1 Å². The number of rotatable bonds is 10. The molecule has 27 heavy (non-hydrogen) atoms. The number of carbonyl (C=O) groups excluding carboxylic acids is 2. The van der Waals surface area contributed by atoms with E-state index in [4.69, 9.17) is 14.2 Å². The Balaban J connectivity index is 1.66. The van der Waals surface area contributed by atoms with Gasteiger partial charge in [0.1, 0.15) is 0 Å². The molecule has 0 aliphatic carbocycles. The Bertz CT molecular complexity index is 745. The number of nitrogens with one attached hydrogen (secondary N) is 1. The predicted octanol–water partition coefficient (Wildman–Crippen LogP) is 2.54. The van der Waals surface area contributed by atoms with Crippen molar-refractivity contribution in [3.05, 3.63) is 59.7 Å². The van der Waals surface area contributed by atoms with Crippen LogP contribution in [0.1, 0.15) is 17.5 Å². The van der Waals surface area contributed by atoms with Gasteiger partial charge in [0.2, 0.25) is 0 Å². The van der Waals surface area contributed by atoms with Gasteiger partial charge in [-0.3, -0.25) is 9.59 Å². The summed E-state index contributed by atoms with van der Waals surface area (Å²) in [7, 11) is 3.08. The molecule has 2 rings (SSSR count). The zero-order chi connectivity index (χ0) is 19.5. The second kappa shape index (κ2) is 10.9. The van der Waals surface area contributed by atoms with Crippen LogP contribution in [0.5, 0.6) is 11.5 Å². The number of aryl methyl sites for hydroxylation is 1. The van der Waals surface area contributed by atoms with E-state index in [1.165, 1.54) is 12.7 Å². The van der Waals surface area contributed by atoms with Crippen molar-refractivity contribution < 1.29 is 23.8 Å². The Labute approximate surface area is 159 Å². The predicted molar refractivity (Wildman–Crippen MR) is 102 cm³/mol. The first-order valence-electron chi connectivity index (χ1n) is 8.79. The van der Waals surface area contributed by atoms with Gasteiger partial charge in [0.05, 0.1) is 20.6 Å². The van der Waals surface area contributed by atoms with Gasteiger partial charge in [-0.1, -0.05) is 36.4 Å². The molecule has 0 atom stereocenters. The SMILES string of the molecule is COc1ccc(CC(=O)OCC(=O)NCCCc2ccccc2)cc1OC. The fraction of sp³-hybridized carbons (Fsp3) is 0.333. The average Bonchev–Trinajstić information content (AvgIpc) is 2.70. The van der Waals surface area contributed by atoms with Crippen molar-refractivity contribution in [2.45, 2.75) is 19.3 Å². The zero-order valence-corrected chi connectivity index (χ0v) is 15.7. The number of benzene rings is 2. The van der Waals surface area contributed by atoms with Gasteiger partial charge in [0.25, 0.3) is 5.91 Å². The fourth-order valence-electron chi connectivity index (χ4n) is 2.57. The highest BCUT2D eigenvalue weighted by molar-refractivity contribution is 5.81. The quantitative estimate of drug-likeness (QED) is 0.513. The average molecular weight is 371 g/mol. The van der Waals surface area contributed by atoms with E-state index in [9.17, 15) is 9.59 Å². The maximum atomic E-state index is 11.9. The topological polar surface area (TPSA) is 73.9 Å². The number of carbonyl (C=O) groups is 2. The van der Waals surface area contributed by atoms with Crippen molar-refractivity contribution in [3.8, 4) is 11.5 Å². The van der Waals surface area contributed by atoms with Crippen LogP contribution in [-0.2, 0) is 27.2 Å². The number of ether oxygens (including phenoxy) is 3. The highest BCUT2D eigenvalue weighted by Gasteiger charge is 2.11. The van der Waals surface area contributed by atoms with Gasteiger partial charge in [-0.05, 0) is 36.1 Å². The third-order valence-corrected chi connectivity index (χ3v) is 3.97. The summed E-state index contributed by atoms with van der Waals surface area (Å²) >= 11 is 0. The molecule has 1 amide bonds. The molecule has 2 aromatic rings. The minimum Gasteiger partial charge on any atom is -0.493 e. The lowest BCUT2D eigenvalue weighted by atomic mass is 10.1. The van der Waals surface area contributed by atoms with Crippen molar-refractivity contribution in [1.82, 2.24) is 5.32 Å². The monoisotopic (exact) mass is 371 g/mol. The summed E-state index contributed by atoms with van der Waals surface area (Å²) in [5, 5.41) is 2.75. The Morgan fingerprint density at radius 3 is 2.37 bits per heavy atom. The maximum absolute atomic E-state index is 11.9. The standard InChI is InChI=1S/C21H25NO5/c1-25-18-11-10-17(13-19(18)26-2)14-21(24)27-15-20(23)22-12-6-9-16-7-4-3-5-8-16/h3-5,7-8,10-11,13H,6,9,12,14-15H2,1-2H3,(H,22,23). The molecule has 0 saturated heterocycles. The third-order valence-electron chi connectivity index (χ3n) is 3.97. The summed E-state index contributed by atoms with van der Waals surface area (Å²) in [4.78, 5) is 23.7. The molecular weight excluding hydrogens is 346 g/mol. The van der Waals surface area contributed by atoms with Crippen molar-refractivity contribution >= 4 is 11.9 Å².